The molecule has 3 atom stereocenters. The standard InChI is InChI=1S/C16H34N2O/c1-12(2)14(10-17-16(4,5)6)18-9-8-13(3)15(11-18)19-7/h12-15,17H,8-11H2,1-7H3. The summed E-state index contributed by atoms with van der Waals surface area (Å²) in [5, 5.41) is 3.66. The zero-order chi connectivity index (χ0) is 14.6. The first-order chi connectivity index (χ1) is 8.74. The van der Waals surface area contributed by atoms with Gasteiger partial charge in [-0.25, -0.2) is 0 Å². The number of nitrogens with one attached hydrogen (secondary N) is 1. The molecule has 19 heavy (non-hydrogen) atoms. The molecular formula is C16H34N2O. The van der Waals surface area contributed by atoms with Gasteiger partial charge in [0.25, 0.3) is 0 Å². The fourth-order valence-electron chi connectivity index (χ4n) is 2.86. The molecule has 1 saturated heterocycles. The summed E-state index contributed by atoms with van der Waals surface area (Å²) >= 11 is 0. The molecule has 1 rings (SSSR count). The topological polar surface area (TPSA) is 24.5 Å². The third-order valence-corrected chi connectivity index (χ3v) is 4.30. The molecule has 0 amide bonds. The van der Waals surface area contributed by atoms with Crippen molar-refractivity contribution in [3.8, 4) is 0 Å². The summed E-state index contributed by atoms with van der Waals surface area (Å²) in [5.74, 6) is 1.35. The fourth-order valence-corrected chi connectivity index (χ4v) is 2.86. The first-order valence-corrected chi connectivity index (χ1v) is 7.76. The highest BCUT2D eigenvalue weighted by Gasteiger charge is 2.31. The van der Waals surface area contributed by atoms with Crippen LogP contribution in [0.15, 0.2) is 0 Å². The van der Waals surface area contributed by atoms with Gasteiger partial charge in [0, 0.05) is 31.8 Å². The van der Waals surface area contributed by atoms with Gasteiger partial charge >= 0.3 is 0 Å². The third-order valence-electron chi connectivity index (χ3n) is 4.30. The third kappa shape index (κ3) is 5.41. The Morgan fingerprint density at radius 3 is 2.42 bits per heavy atom. The molecule has 114 valence electrons. The molecule has 0 aliphatic carbocycles. The molecule has 0 saturated carbocycles. The van der Waals surface area contributed by atoms with E-state index in [1.54, 1.807) is 0 Å². The molecule has 1 aliphatic rings. The maximum Gasteiger partial charge on any atom is 0.0724 e. The highest BCUT2D eigenvalue weighted by atomic mass is 16.5. The van der Waals surface area contributed by atoms with Gasteiger partial charge in [-0.3, -0.25) is 4.90 Å². The molecule has 0 aromatic heterocycles. The van der Waals surface area contributed by atoms with Gasteiger partial charge in [-0.05, 0) is 45.6 Å². The number of rotatable bonds is 5. The van der Waals surface area contributed by atoms with E-state index in [-0.39, 0.29) is 5.54 Å². The highest BCUT2D eigenvalue weighted by molar-refractivity contribution is 4.87. The summed E-state index contributed by atoms with van der Waals surface area (Å²) in [7, 11) is 1.85. The van der Waals surface area contributed by atoms with Gasteiger partial charge in [0.1, 0.15) is 0 Å². The Morgan fingerprint density at radius 1 is 1.32 bits per heavy atom. The second-order valence-electron chi connectivity index (χ2n) is 7.48. The normalized spacial score (nSPS) is 27.8. The molecular weight excluding hydrogens is 236 g/mol. The van der Waals surface area contributed by atoms with E-state index in [2.05, 4.69) is 51.8 Å². The summed E-state index contributed by atoms with van der Waals surface area (Å²) in [6, 6.07) is 0.601. The fraction of sp³-hybridized carbons (Fsp3) is 1.00. The van der Waals surface area contributed by atoms with Crippen LogP contribution in [0.2, 0.25) is 0 Å². The zero-order valence-electron chi connectivity index (χ0n) is 14.0. The second-order valence-corrected chi connectivity index (χ2v) is 7.48. The van der Waals surface area contributed by atoms with Gasteiger partial charge in [0.2, 0.25) is 0 Å². The van der Waals surface area contributed by atoms with Gasteiger partial charge in [0.15, 0.2) is 0 Å². The summed E-state index contributed by atoms with van der Waals surface area (Å²) in [5.41, 5.74) is 0.191. The molecule has 0 aromatic carbocycles. The highest BCUT2D eigenvalue weighted by Crippen LogP contribution is 2.23. The smallest absolute Gasteiger partial charge is 0.0724 e. The Hall–Kier alpha value is -0.120. The minimum Gasteiger partial charge on any atom is -0.380 e. The Bertz CT molecular complexity index is 260. The molecule has 1 heterocycles. The molecule has 3 heteroatoms. The van der Waals surface area contributed by atoms with Crippen LogP contribution in [0.1, 0.15) is 48.0 Å². The Kier molecular flexibility index (Phi) is 6.28. The Balaban J connectivity index is 2.61. The number of methoxy groups -OCH3 is 1. The van der Waals surface area contributed by atoms with E-state index in [9.17, 15) is 0 Å². The van der Waals surface area contributed by atoms with E-state index in [0.717, 1.165) is 13.1 Å². The first-order valence-electron chi connectivity index (χ1n) is 7.76. The van der Waals surface area contributed by atoms with E-state index in [1.807, 2.05) is 7.11 Å². The van der Waals surface area contributed by atoms with Crippen molar-refractivity contribution in [1.29, 1.82) is 0 Å². The molecule has 1 N–H and O–H groups in total. The minimum atomic E-state index is 0.191. The van der Waals surface area contributed by atoms with Crippen molar-refractivity contribution >= 4 is 0 Å². The largest absolute Gasteiger partial charge is 0.380 e. The molecule has 0 spiro atoms. The quantitative estimate of drug-likeness (QED) is 0.831. The van der Waals surface area contributed by atoms with Crippen molar-refractivity contribution in [2.24, 2.45) is 11.8 Å². The van der Waals surface area contributed by atoms with Gasteiger partial charge < -0.3 is 10.1 Å². The van der Waals surface area contributed by atoms with Crippen molar-refractivity contribution in [2.75, 3.05) is 26.7 Å². The van der Waals surface area contributed by atoms with Gasteiger partial charge in [-0.1, -0.05) is 20.8 Å². The average molecular weight is 270 g/mol. The van der Waals surface area contributed by atoms with Gasteiger partial charge in [-0.15, -0.1) is 0 Å². The lowest BCUT2D eigenvalue weighted by Crippen LogP contribution is -2.55. The molecule has 0 aromatic rings. The number of nitrogens with zero attached hydrogens (tertiary/aromatic N) is 1. The molecule has 1 fully saturated rings. The van der Waals surface area contributed by atoms with Crippen LogP contribution in [0.25, 0.3) is 0 Å². The van der Waals surface area contributed by atoms with E-state index < -0.39 is 0 Å². The minimum absolute atomic E-state index is 0.191. The zero-order valence-corrected chi connectivity index (χ0v) is 14.0. The average Bonchev–Trinajstić information content (AvgIpc) is 2.29. The summed E-state index contributed by atoms with van der Waals surface area (Å²) in [4.78, 5) is 2.62. The summed E-state index contributed by atoms with van der Waals surface area (Å²) in [6.07, 6.45) is 1.64. The lowest BCUT2D eigenvalue weighted by molar-refractivity contribution is -0.0262. The van der Waals surface area contributed by atoms with Crippen LogP contribution in [-0.4, -0.2) is 49.3 Å². The lowest BCUT2D eigenvalue weighted by Gasteiger charge is -2.43. The maximum absolute atomic E-state index is 5.65. The van der Waals surface area contributed by atoms with Gasteiger partial charge in [-0.2, -0.15) is 0 Å². The van der Waals surface area contributed by atoms with Crippen LogP contribution in [-0.2, 0) is 4.74 Å². The summed E-state index contributed by atoms with van der Waals surface area (Å²) < 4.78 is 5.65. The number of likely N-dealkylation sites (tertiary alicyclic amines) is 1. The summed E-state index contributed by atoms with van der Waals surface area (Å²) in [6.45, 7) is 17.0. The first kappa shape index (κ1) is 16.9. The second kappa shape index (κ2) is 7.05. The molecule has 0 radical (unpaired) electrons. The predicted octanol–water partition coefficient (Wildman–Crippen LogP) is 2.76. The molecule has 3 nitrogen and oxygen atoms in total. The molecule has 1 aliphatic heterocycles. The van der Waals surface area contributed by atoms with Crippen LogP contribution in [0.4, 0.5) is 0 Å². The SMILES string of the molecule is COC1CN(C(CNC(C)(C)C)C(C)C)CCC1C. The van der Waals surface area contributed by atoms with Crippen LogP contribution >= 0.6 is 0 Å². The van der Waals surface area contributed by atoms with E-state index in [0.29, 0.717) is 24.0 Å². The van der Waals surface area contributed by atoms with Crippen molar-refractivity contribution in [3.05, 3.63) is 0 Å². The van der Waals surface area contributed by atoms with Gasteiger partial charge in [0.05, 0.1) is 6.10 Å². The van der Waals surface area contributed by atoms with Crippen molar-refractivity contribution < 1.29 is 4.74 Å². The molecule has 3 unspecified atom stereocenters. The monoisotopic (exact) mass is 270 g/mol. The Labute approximate surface area is 120 Å². The maximum atomic E-state index is 5.65. The lowest BCUT2D eigenvalue weighted by atomic mass is 9.92. The van der Waals surface area contributed by atoms with Crippen LogP contribution in [0.3, 0.4) is 0 Å². The van der Waals surface area contributed by atoms with E-state index >= 15 is 0 Å². The van der Waals surface area contributed by atoms with Crippen LogP contribution < -0.4 is 5.32 Å². The number of hydrogen-bond donors (Lipinski definition) is 1. The number of hydrogen-bond acceptors (Lipinski definition) is 3. The van der Waals surface area contributed by atoms with Crippen LogP contribution in [0, 0.1) is 11.8 Å². The number of ether oxygens (including phenoxy) is 1. The van der Waals surface area contributed by atoms with Crippen LogP contribution in [0.5, 0.6) is 0 Å². The van der Waals surface area contributed by atoms with Crippen molar-refractivity contribution in [1.82, 2.24) is 10.2 Å². The predicted molar refractivity (Wildman–Crippen MR) is 82.5 cm³/mol. The molecule has 0 bridgehead atoms. The van der Waals surface area contributed by atoms with Crippen molar-refractivity contribution in [2.45, 2.75) is 65.6 Å². The van der Waals surface area contributed by atoms with Crippen molar-refractivity contribution in [3.63, 3.8) is 0 Å². The number of piperidine rings is 1. The Morgan fingerprint density at radius 2 is 1.95 bits per heavy atom. The van der Waals surface area contributed by atoms with E-state index in [1.165, 1.54) is 13.0 Å². The van der Waals surface area contributed by atoms with E-state index in [4.69, 9.17) is 4.74 Å².